The highest BCUT2D eigenvalue weighted by Crippen LogP contribution is 2.34. The molecule has 4 aromatic rings. The smallest absolute Gasteiger partial charge is 0.414 e. The summed E-state index contributed by atoms with van der Waals surface area (Å²) in [5.74, 6) is -0.531. The third-order valence-corrected chi connectivity index (χ3v) is 14.6. The Labute approximate surface area is 317 Å². The summed E-state index contributed by atoms with van der Waals surface area (Å²) in [5, 5.41) is 0. The van der Waals surface area contributed by atoms with Crippen LogP contribution >= 0.6 is 0 Å². The van der Waals surface area contributed by atoms with Gasteiger partial charge in [-0.3, -0.25) is 4.90 Å². The summed E-state index contributed by atoms with van der Waals surface area (Å²) < 4.78 is 79.3. The molecule has 4 aromatic carbocycles. The number of benzene rings is 4. The number of sulfonamides is 2. The fraction of sp³-hybridized carbons (Fsp3) is 0.375. The molecule has 2 fully saturated rings. The first kappa shape index (κ1) is 38.0. The number of para-hydroxylation sites is 2. The lowest BCUT2D eigenvalue weighted by molar-refractivity contribution is 0.0988. The maximum absolute atomic E-state index is 13.6. The Hall–Kier alpha value is -4.34. The largest absolute Gasteiger partial charge is 0.444 e. The number of hydrogen-bond acceptors (Lipinski definition) is 8. The van der Waals surface area contributed by atoms with Gasteiger partial charge in [0.15, 0.2) is 0 Å². The zero-order chi connectivity index (χ0) is 38.0. The minimum absolute atomic E-state index is 0.0626. The Morgan fingerprint density at radius 2 is 1.28 bits per heavy atom. The molecule has 0 atom stereocenters. The van der Waals surface area contributed by atoms with Gasteiger partial charge in [-0.25, -0.2) is 26.0 Å². The lowest BCUT2D eigenvalue weighted by atomic mass is 10.0. The molecule has 0 saturated carbocycles. The molecule has 54 heavy (non-hydrogen) atoms. The van der Waals surface area contributed by atoms with Crippen LogP contribution in [0, 0.1) is 19.7 Å². The molecule has 11 nitrogen and oxygen atoms in total. The van der Waals surface area contributed by atoms with Crippen LogP contribution < -0.4 is 9.80 Å². The van der Waals surface area contributed by atoms with Crippen LogP contribution in [0.4, 0.5) is 20.6 Å². The molecule has 4 aliphatic rings. The van der Waals surface area contributed by atoms with E-state index in [9.17, 15) is 26.0 Å². The van der Waals surface area contributed by atoms with Gasteiger partial charge in [0.1, 0.15) is 19.2 Å². The minimum Gasteiger partial charge on any atom is -0.444 e. The second-order valence-corrected chi connectivity index (χ2v) is 18.0. The Bertz CT molecular complexity index is 2220. The van der Waals surface area contributed by atoms with Crippen LogP contribution in [0.5, 0.6) is 0 Å². The van der Waals surface area contributed by atoms with Crippen molar-refractivity contribution in [3.05, 3.63) is 119 Å². The standard InChI is InChI=1S/C20H23FN2O3S.C20H22N2O4S/c1-15-6-7-17(21)12-20(15)27(24,25)22-10-8-18(9-11-22)23-14-26-13-16-4-2-3-5-19(16)23;1-15-5-4-7-18(13-15)27(24,25)21-11-9-17(10-12-21)22-19-8-3-2-6-16(19)14-26-20(22)23/h2-7,12,18H,8-11,13-14H2,1H3;2-8,13,17H,9-12,14H2,1H3. The Kier molecular flexibility index (Phi) is 11.1. The molecule has 0 aliphatic carbocycles. The molecule has 14 heteroatoms. The molecule has 286 valence electrons. The van der Waals surface area contributed by atoms with E-state index in [0.29, 0.717) is 75.7 Å². The van der Waals surface area contributed by atoms with Crippen molar-refractivity contribution in [3.63, 3.8) is 0 Å². The number of rotatable bonds is 6. The van der Waals surface area contributed by atoms with Crippen molar-refractivity contribution < 1.29 is 35.5 Å². The summed E-state index contributed by atoms with van der Waals surface area (Å²) in [6.45, 7) is 6.59. The molecule has 8 rings (SSSR count). The quantitative estimate of drug-likeness (QED) is 0.216. The van der Waals surface area contributed by atoms with Crippen molar-refractivity contribution in [1.82, 2.24) is 8.61 Å². The van der Waals surface area contributed by atoms with E-state index in [1.807, 2.05) is 49.4 Å². The number of carbonyl (C=O) groups excluding carboxylic acids is 1. The number of halogens is 1. The molecule has 2 saturated heterocycles. The van der Waals surface area contributed by atoms with Crippen LogP contribution in [0.2, 0.25) is 0 Å². The lowest BCUT2D eigenvalue weighted by Crippen LogP contribution is -2.50. The van der Waals surface area contributed by atoms with Gasteiger partial charge in [0.2, 0.25) is 20.0 Å². The number of piperidine rings is 2. The summed E-state index contributed by atoms with van der Waals surface area (Å²) in [4.78, 5) is 16.7. The van der Waals surface area contributed by atoms with Crippen molar-refractivity contribution >= 4 is 37.5 Å². The van der Waals surface area contributed by atoms with Gasteiger partial charge in [-0.1, -0.05) is 54.6 Å². The van der Waals surface area contributed by atoms with Crippen molar-refractivity contribution in [2.24, 2.45) is 0 Å². The van der Waals surface area contributed by atoms with E-state index in [-0.39, 0.29) is 29.7 Å². The Morgan fingerprint density at radius 3 is 1.96 bits per heavy atom. The molecule has 0 bridgehead atoms. The van der Waals surface area contributed by atoms with Crippen molar-refractivity contribution in [2.75, 3.05) is 42.7 Å². The zero-order valence-corrected chi connectivity index (χ0v) is 32.1. The number of aryl methyl sites for hydroxylation is 2. The van der Waals surface area contributed by atoms with Gasteiger partial charge in [-0.2, -0.15) is 8.61 Å². The lowest BCUT2D eigenvalue weighted by Gasteiger charge is -2.41. The third-order valence-electron chi connectivity index (χ3n) is 10.6. The maximum Gasteiger partial charge on any atom is 0.414 e. The van der Waals surface area contributed by atoms with Crippen molar-refractivity contribution in [1.29, 1.82) is 0 Å². The molecule has 0 aromatic heterocycles. The highest BCUT2D eigenvalue weighted by Gasteiger charge is 2.37. The molecule has 4 aliphatic heterocycles. The van der Waals surface area contributed by atoms with E-state index in [4.69, 9.17) is 9.47 Å². The number of anilines is 2. The van der Waals surface area contributed by atoms with Gasteiger partial charge in [0, 0.05) is 55.1 Å². The summed E-state index contributed by atoms with van der Waals surface area (Å²) in [6, 6.07) is 26.9. The fourth-order valence-electron chi connectivity index (χ4n) is 7.71. The summed E-state index contributed by atoms with van der Waals surface area (Å²) in [6.07, 6.45) is 2.23. The first-order chi connectivity index (χ1) is 25.9. The maximum atomic E-state index is 13.6. The number of hydrogen-bond donors (Lipinski definition) is 0. The van der Waals surface area contributed by atoms with Crippen LogP contribution in [-0.4, -0.2) is 76.5 Å². The highest BCUT2D eigenvalue weighted by atomic mass is 32.2. The van der Waals surface area contributed by atoms with Crippen LogP contribution in [0.15, 0.2) is 101 Å². The van der Waals surface area contributed by atoms with E-state index in [1.54, 1.807) is 30.0 Å². The van der Waals surface area contributed by atoms with Gasteiger partial charge in [-0.05, 0) is 87.1 Å². The van der Waals surface area contributed by atoms with E-state index in [2.05, 4.69) is 17.0 Å². The molecular weight excluding hydrogens is 732 g/mol. The van der Waals surface area contributed by atoms with Crippen LogP contribution in [0.25, 0.3) is 0 Å². The van der Waals surface area contributed by atoms with E-state index in [1.165, 1.54) is 26.4 Å². The van der Waals surface area contributed by atoms with Gasteiger partial charge in [0.25, 0.3) is 0 Å². The molecule has 0 unspecified atom stereocenters. The van der Waals surface area contributed by atoms with Gasteiger partial charge in [0.05, 0.1) is 22.1 Å². The van der Waals surface area contributed by atoms with Crippen molar-refractivity contribution in [3.8, 4) is 0 Å². The van der Waals surface area contributed by atoms with Crippen LogP contribution in [-0.2, 0) is 42.7 Å². The average molecular weight is 777 g/mol. The molecule has 0 radical (unpaired) electrons. The van der Waals surface area contributed by atoms with E-state index >= 15 is 0 Å². The molecule has 1 amide bonds. The Morgan fingerprint density at radius 1 is 0.667 bits per heavy atom. The van der Waals surface area contributed by atoms with Crippen molar-refractivity contribution in [2.45, 2.75) is 74.6 Å². The number of fused-ring (bicyclic) bond motifs is 2. The number of ether oxygens (including phenoxy) is 2. The third kappa shape index (κ3) is 7.76. The number of amides is 1. The van der Waals surface area contributed by atoms with E-state index < -0.39 is 25.9 Å². The molecular formula is C40H45FN4O7S2. The predicted molar refractivity (Wildman–Crippen MR) is 204 cm³/mol. The predicted octanol–water partition coefficient (Wildman–Crippen LogP) is 6.59. The van der Waals surface area contributed by atoms with Crippen LogP contribution in [0.1, 0.15) is 47.9 Å². The first-order valence-electron chi connectivity index (χ1n) is 18.2. The Balaban J connectivity index is 0.000000167. The minimum atomic E-state index is -3.69. The molecule has 0 N–H and O–H groups in total. The van der Waals surface area contributed by atoms with Gasteiger partial charge < -0.3 is 14.4 Å². The highest BCUT2D eigenvalue weighted by molar-refractivity contribution is 7.89. The monoisotopic (exact) mass is 776 g/mol. The van der Waals surface area contributed by atoms with Crippen LogP contribution in [0.3, 0.4) is 0 Å². The van der Waals surface area contributed by atoms with E-state index in [0.717, 1.165) is 28.4 Å². The number of cyclic esters (lactones) is 1. The van der Waals surface area contributed by atoms with Gasteiger partial charge in [-0.15, -0.1) is 0 Å². The number of carbonyl (C=O) groups is 1. The molecule has 0 spiro atoms. The number of nitrogens with zero attached hydrogens (tertiary/aromatic N) is 4. The summed E-state index contributed by atoms with van der Waals surface area (Å²) in [5.41, 5.74) is 5.66. The fourth-order valence-corrected chi connectivity index (χ4v) is 11.0. The topological polar surface area (TPSA) is 117 Å². The normalized spacial score (nSPS) is 19.0. The second-order valence-electron chi connectivity index (χ2n) is 14.1. The van der Waals surface area contributed by atoms with Gasteiger partial charge >= 0.3 is 6.09 Å². The zero-order valence-electron chi connectivity index (χ0n) is 30.4. The summed E-state index contributed by atoms with van der Waals surface area (Å²) in [7, 11) is -7.20. The molecule has 4 heterocycles. The second kappa shape index (κ2) is 15.8. The summed E-state index contributed by atoms with van der Waals surface area (Å²) >= 11 is 0. The first-order valence-corrected chi connectivity index (χ1v) is 21.1. The SMILES string of the molecule is Cc1ccc(F)cc1S(=O)(=O)N1CCC(N2COCc3ccccc32)CC1.Cc1cccc(S(=O)(=O)N2CCC(N3C(=O)OCc4ccccc43)CC2)c1. The average Bonchev–Trinajstić information content (AvgIpc) is 3.19.